The molecule has 3 amide bonds. The van der Waals surface area contributed by atoms with Crippen molar-refractivity contribution in [2.24, 2.45) is 0 Å². The Morgan fingerprint density at radius 2 is 2.00 bits per heavy atom. The highest BCUT2D eigenvalue weighted by Crippen LogP contribution is 2.44. The first-order chi connectivity index (χ1) is 14.3. The molecule has 0 aromatic rings. The van der Waals surface area contributed by atoms with Crippen LogP contribution in [0.2, 0.25) is 0 Å². The van der Waals surface area contributed by atoms with Gasteiger partial charge in [0.15, 0.2) is 0 Å². The van der Waals surface area contributed by atoms with Gasteiger partial charge < -0.3 is 20.8 Å². The number of fused-ring (bicyclic) bond motifs is 1. The summed E-state index contributed by atoms with van der Waals surface area (Å²) in [7, 11) is -3.93. The molecule has 2 rings (SSSR count). The summed E-state index contributed by atoms with van der Waals surface area (Å²) in [4.78, 5) is 32.7. The van der Waals surface area contributed by atoms with Gasteiger partial charge in [-0.25, -0.2) is 9.36 Å². The number of hydrogen-bond donors (Lipinski definition) is 4. The lowest BCUT2D eigenvalue weighted by Gasteiger charge is -2.16. The molecule has 0 aliphatic carbocycles. The van der Waals surface area contributed by atoms with Crippen molar-refractivity contribution < 1.29 is 28.1 Å². The summed E-state index contributed by atoms with van der Waals surface area (Å²) in [5.74, 6) is 1.05. The second kappa shape index (κ2) is 12.9. The second-order valence-corrected chi connectivity index (χ2v) is 10.8. The molecule has 30 heavy (non-hydrogen) atoms. The molecule has 0 aromatic carbocycles. The summed E-state index contributed by atoms with van der Waals surface area (Å²) in [6.07, 6.45) is 6.38. The predicted molar refractivity (Wildman–Crippen MR) is 117 cm³/mol. The number of rotatable bonds is 15. The van der Waals surface area contributed by atoms with Crippen LogP contribution in [0.1, 0.15) is 65.2 Å². The lowest BCUT2D eigenvalue weighted by Crippen LogP contribution is -2.36. The Kier molecular flexibility index (Phi) is 11.0. The Hall–Kier alpha value is -0.800. The third-order valence-electron chi connectivity index (χ3n) is 5.07. The first-order valence-electron chi connectivity index (χ1n) is 10.9. The van der Waals surface area contributed by atoms with Crippen molar-refractivity contribution in [3.63, 3.8) is 0 Å². The lowest BCUT2D eigenvalue weighted by molar-refractivity contribution is -0.121. The lowest BCUT2D eigenvalue weighted by atomic mass is 10.0. The fourth-order valence-corrected chi connectivity index (χ4v) is 6.14. The quantitative estimate of drug-likeness (QED) is 0.166. The third-order valence-corrected chi connectivity index (χ3v) is 7.78. The molecule has 11 heteroatoms. The highest BCUT2D eigenvalue weighted by molar-refractivity contribution is 8.00. The van der Waals surface area contributed by atoms with Crippen LogP contribution >= 0.6 is 19.6 Å². The molecule has 0 radical (unpaired) electrons. The Bertz CT molecular complexity index is 609. The maximum absolute atomic E-state index is 11.9. The van der Waals surface area contributed by atoms with Crippen LogP contribution in [0, 0.1) is 0 Å². The van der Waals surface area contributed by atoms with Crippen molar-refractivity contribution in [2.45, 2.75) is 88.7 Å². The molecule has 4 atom stereocenters. The predicted octanol–water partition coefficient (Wildman–Crippen LogP) is 2.93. The fraction of sp³-hybridized carbons (Fsp3) is 0.895. The molecule has 4 N–H and O–H groups in total. The van der Waals surface area contributed by atoms with Gasteiger partial charge in [0.25, 0.3) is 0 Å². The average molecular weight is 466 g/mol. The van der Waals surface area contributed by atoms with E-state index in [0.717, 1.165) is 44.3 Å². The summed E-state index contributed by atoms with van der Waals surface area (Å²) >= 11 is 1.90. The summed E-state index contributed by atoms with van der Waals surface area (Å²) in [6.45, 7) is 4.19. The molecule has 174 valence electrons. The fourth-order valence-electron chi connectivity index (χ4n) is 3.65. The minimum Gasteiger partial charge on any atom is -0.356 e. The van der Waals surface area contributed by atoms with Crippen molar-refractivity contribution in [1.82, 2.24) is 16.0 Å². The average Bonchev–Trinajstić information content (AvgIpc) is 3.19. The van der Waals surface area contributed by atoms with E-state index < -0.39 is 7.82 Å². The summed E-state index contributed by atoms with van der Waals surface area (Å²) < 4.78 is 21.2. The zero-order valence-electron chi connectivity index (χ0n) is 17.9. The van der Waals surface area contributed by atoms with Gasteiger partial charge in [0.05, 0.1) is 24.8 Å². The summed E-state index contributed by atoms with van der Waals surface area (Å²) in [6, 6.07) is 0.424. The SMILES string of the molecule is CC(C)OP(=O)(O)OCCCCCCNC(=O)CCCCC1SCC2NC(=O)NC21. The molecule has 2 saturated heterocycles. The van der Waals surface area contributed by atoms with Gasteiger partial charge in [0, 0.05) is 24.0 Å². The number of urea groups is 1. The van der Waals surface area contributed by atoms with E-state index in [0.29, 0.717) is 24.6 Å². The number of phosphoric acid groups is 1. The minimum absolute atomic E-state index is 0.0595. The number of phosphoric ester groups is 1. The molecule has 0 bridgehead atoms. The number of carbonyl (C=O) groups is 2. The van der Waals surface area contributed by atoms with E-state index >= 15 is 0 Å². The highest BCUT2D eigenvalue weighted by atomic mass is 32.2. The summed E-state index contributed by atoms with van der Waals surface area (Å²) in [5.41, 5.74) is 0. The van der Waals surface area contributed by atoms with Gasteiger partial charge >= 0.3 is 13.9 Å². The molecule has 2 aliphatic heterocycles. The molecular formula is C19H36N3O6PS. The van der Waals surface area contributed by atoms with Crippen molar-refractivity contribution in [2.75, 3.05) is 18.9 Å². The van der Waals surface area contributed by atoms with Crippen LogP contribution < -0.4 is 16.0 Å². The van der Waals surface area contributed by atoms with Crippen molar-refractivity contribution in [1.29, 1.82) is 0 Å². The van der Waals surface area contributed by atoms with E-state index in [1.54, 1.807) is 13.8 Å². The van der Waals surface area contributed by atoms with Crippen molar-refractivity contribution >= 4 is 31.5 Å². The normalized spacial score (nSPS) is 24.9. The van der Waals surface area contributed by atoms with Gasteiger partial charge in [0.1, 0.15) is 0 Å². The number of hydrogen-bond acceptors (Lipinski definition) is 6. The molecule has 2 aliphatic rings. The Labute approximate surface area is 183 Å². The zero-order chi connectivity index (χ0) is 22.0. The molecule has 4 unspecified atom stereocenters. The molecule has 2 heterocycles. The molecule has 0 saturated carbocycles. The third kappa shape index (κ3) is 9.56. The van der Waals surface area contributed by atoms with E-state index in [1.807, 2.05) is 11.8 Å². The second-order valence-electron chi connectivity index (χ2n) is 8.09. The molecular weight excluding hydrogens is 429 g/mol. The highest BCUT2D eigenvalue weighted by Gasteiger charge is 2.42. The number of amides is 3. The van der Waals surface area contributed by atoms with Gasteiger partial charge in [0.2, 0.25) is 5.91 Å². The van der Waals surface area contributed by atoms with Crippen molar-refractivity contribution in [3.8, 4) is 0 Å². The monoisotopic (exact) mass is 465 g/mol. The van der Waals surface area contributed by atoms with Crippen LogP contribution in [0.4, 0.5) is 4.79 Å². The van der Waals surface area contributed by atoms with Gasteiger partial charge in [-0.15, -0.1) is 0 Å². The Balaban J connectivity index is 1.39. The maximum Gasteiger partial charge on any atom is 0.472 e. The topological polar surface area (TPSA) is 126 Å². The Morgan fingerprint density at radius 3 is 2.77 bits per heavy atom. The molecule has 0 aromatic heterocycles. The van der Waals surface area contributed by atoms with Crippen molar-refractivity contribution in [3.05, 3.63) is 0 Å². The van der Waals surface area contributed by atoms with E-state index in [1.165, 1.54) is 0 Å². The largest absolute Gasteiger partial charge is 0.472 e. The standard InChI is InChI=1S/C19H36N3O6PS/c1-14(2)28-29(25,26)27-12-8-4-3-7-11-20-17(23)10-6-5-9-16-18-15(13-30-16)21-19(24)22-18/h14-16,18H,3-13H2,1-2H3,(H,20,23)(H,25,26)(H2,21,22,24). The molecule has 2 fully saturated rings. The Morgan fingerprint density at radius 1 is 1.23 bits per heavy atom. The van der Waals surface area contributed by atoms with Crippen LogP contribution in [0.15, 0.2) is 0 Å². The maximum atomic E-state index is 11.9. The summed E-state index contributed by atoms with van der Waals surface area (Å²) in [5, 5.41) is 9.32. The van der Waals surface area contributed by atoms with E-state index in [9.17, 15) is 19.0 Å². The van der Waals surface area contributed by atoms with Gasteiger partial charge in [-0.2, -0.15) is 11.8 Å². The molecule has 9 nitrogen and oxygen atoms in total. The van der Waals surface area contributed by atoms with Crippen LogP contribution in [-0.2, 0) is 18.4 Å². The number of carbonyl (C=O) groups excluding carboxylic acids is 2. The first-order valence-corrected chi connectivity index (χ1v) is 13.4. The zero-order valence-corrected chi connectivity index (χ0v) is 19.6. The van der Waals surface area contributed by atoms with E-state index in [2.05, 4.69) is 16.0 Å². The number of thioether (sulfide) groups is 1. The van der Waals surface area contributed by atoms with Gasteiger partial charge in [-0.05, 0) is 39.5 Å². The number of unbranched alkanes of at least 4 members (excludes halogenated alkanes) is 4. The number of nitrogens with one attached hydrogen (secondary N) is 3. The van der Waals surface area contributed by atoms with Gasteiger partial charge in [-0.3, -0.25) is 13.8 Å². The molecule has 0 spiro atoms. The minimum atomic E-state index is -3.93. The smallest absolute Gasteiger partial charge is 0.356 e. The van der Waals surface area contributed by atoms with Crippen LogP contribution in [0.5, 0.6) is 0 Å². The van der Waals surface area contributed by atoms with Crippen LogP contribution in [0.3, 0.4) is 0 Å². The van der Waals surface area contributed by atoms with E-state index in [-0.39, 0.29) is 36.7 Å². The van der Waals surface area contributed by atoms with Crippen LogP contribution in [-0.4, -0.2) is 59.2 Å². The first kappa shape index (κ1) is 25.5. The van der Waals surface area contributed by atoms with Gasteiger partial charge in [-0.1, -0.05) is 19.3 Å². The van der Waals surface area contributed by atoms with Crippen LogP contribution in [0.25, 0.3) is 0 Å². The van der Waals surface area contributed by atoms with E-state index in [4.69, 9.17) is 9.05 Å².